The van der Waals surface area contributed by atoms with Crippen LogP contribution in [0.4, 0.5) is 15.6 Å². The van der Waals surface area contributed by atoms with Crippen molar-refractivity contribution in [3.8, 4) is 11.5 Å². The van der Waals surface area contributed by atoms with Crippen LogP contribution < -0.4 is 20.9 Å². The Hall–Kier alpha value is -4.31. The van der Waals surface area contributed by atoms with Gasteiger partial charge in [-0.15, -0.1) is 11.3 Å². The summed E-state index contributed by atoms with van der Waals surface area (Å²) in [4.78, 5) is 40.6. The molecule has 0 bridgehead atoms. The van der Waals surface area contributed by atoms with Crippen molar-refractivity contribution in [1.82, 2.24) is 19.9 Å². The number of anilines is 2. The van der Waals surface area contributed by atoms with Crippen LogP contribution in [0.15, 0.2) is 65.8 Å². The Labute approximate surface area is 204 Å². The van der Waals surface area contributed by atoms with Crippen LogP contribution in [0.2, 0.25) is 0 Å². The molecule has 0 spiro atoms. The second-order valence-corrected chi connectivity index (χ2v) is 9.90. The molecule has 0 saturated carbocycles. The van der Waals surface area contributed by atoms with Gasteiger partial charge in [0.1, 0.15) is 11.3 Å². The first-order valence-electron chi connectivity index (χ1n) is 10.9. The van der Waals surface area contributed by atoms with Crippen molar-refractivity contribution in [2.24, 2.45) is 0 Å². The number of nitrogens with zero attached hydrogens (tertiary/aromatic N) is 3. The van der Waals surface area contributed by atoms with Gasteiger partial charge in [-0.2, -0.15) is 0 Å². The minimum Gasteiger partial charge on any atom is -0.454 e. The topological polar surface area (TPSA) is 122 Å². The molecule has 0 aliphatic carbocycles. The van der Waals surface area contributed by atoms with E-state index in [4.69, 9.17) is 4.74 Å². The lowest BCUT2D eigenvalue weighted by molar-refractivity contribution is 0.262. The molecule has 176 valence electrons. The van der Waals surface area contributed by atoms with Gasteiger partial charge in [0.05, 0.1) is 11.9 Å². The van der Waals surface area contributed by atoms with Crippen molar-refractivity contribution in [2.45, 2.75) is 26.2 Å². The van der Waals surface area contributed by atoms with E-state index in [1.165, 1.54) is 17.5 Å². The fraction of sp³-hybridized carbons (Fsp3) is 0.160. The first-order valence-corrected chi connectivity index (χ1v) is 11.7. The quantitative estimate of drug-likeness (QED) is 0.301. The van der Waals surface area contributed by atoms with E-state index in [0.717, 1.165) is 15.6 Å². The molecule has 5 aromatic rings. The van der Waals surface area contributed by atoms with E-state index in [2.05, 4.69) is 51.3 Å². The number of pyridine rings is 1. The average Bonchev–Trinajstić information content (AvgIpc) is 3.29. The first-order chi connectivity index (χ1) is 16.8. The molecule has 0 fully saturated rings. The van der Waals surface area contributed by atoms with Gasteiger partial charge >= 0.3 is 6.03 Å². The molecule has 0 atom stereocenters. The van der Waals surface area contributed by atoms with Crippen LogP contribution in [0.1, 0.15) is 25.6 Å². The minimum atomic E-state index is -0.382. The van der Waals surface area contributed by atoms with E-state index in [-0.39, 0.29) is 17.0 Å². The zero-order valence-electron chi connectivity index (χ0n) is 19.2. The number of carbonyl (C=O) groups excluding carboxylic acids is 1. The van der Waals surface area contributed by atoms with Gasteiger partial charge in [0.2, 0.25) is 0 Å². The summed E-state index contributed by atoms with van der Waals surface area (Å²) in [5, 5.41) is 7.85. The van der Waals surface area contributed by atoms with Gasteiger partial charge in [-0.05, 0) is 17.5 Å². The Bertz CT molecular complexity index is 1620. The van der Waals surface area contributed by atoms with Crippen molar-refractivity contribution in [2.75, 3.05) is 10.6 Å². The van der Waals surface area contributed by atoms with Crippen molar-refractivity contribution in [3.63, 3.8) is 0 Å². The van der Waals surface area contributed by atoms with Gasteiger partial charge < -0.3 is 15.0 Å². The number of aromatic nitrogens is 4. The molecule has 9 nitrogen and oxygen atoms in total. The molecule has 3 aromatic heterocycles. The third-order valence-corrected chi connectivity index (χ3v) is 6.60. The van der Waals surface area contributed by atoms with Crippen molar-refractivity contribution in [1.29, 1.82) is 0 Å². The lowest BCUT2D eigenvalue weighted by Gasteiger charge is -2.14. The second kappa shape index (κ2) is 8.80. The lowest BCUT2D eigenvalue weighted by Crippen LogP contribution is -2.19. The van der Waals surface area contributed by atoms with Crippen LogP contribution >= 0.6 is 11.3 Å². The highest BCUT2D eigenvalue weighted by Crippen LogP contribution is 2.36. The summed E-state index contributed by atoms with van der Waals surface area (Å²) in [7, 11) is 0. The highest BCUT2D eigenvalue weighted by atomic mass is 32.1. The first kappa shape index (κ1) is 22.5. The molecule has 3 heterocycles. The number of carbonyl (C=O) groups is 1. The number of aromatic amines is 1. The smallest absolute Gasteiger partial charge is 0.325 e. The fourth-order valence-electron chi connectivity index (χ4n) is 3.52. The highest BCUT2D eigenvalue weighted by molar-refractivity contribution is 7.15. The number of hydrogen-bond acceptors (Lipinski definition) is 7. The Morgan fingerprint density at radius 2 is 1.74 bits per heavy atom. The van der Waals surface area contributed by atoms with Crippen LogP contribution in [0.25, 0.3) is 21.9 Å². The predicted octanol–water partition coefficient (Wildman–Crippen LogP) is 5.66. The van der Waals surface area contributed by atoms with E-state index in [9.17, 15) is 9.59 Å². The van der Waals surface area contributed by atoms with E-state index in [1.807, 2.05) is 24.3 Å². The molecule has 0 aliphatic rings. The zero-order chi connectivity index (χ0) is 24.6. The van der Waals surface area contributed by atoms with E-state index < -0.39 is 0 Å². The number of urea groups is 1. The number of benzene rings is 2. The molecule has 2 aromatic carbocycles. The molecular weight excluding hydrogens is 464 g/mol. The molecule has 5 rings (SSSR count). The predicted molar refractivity (Wildman–Crippen MR) is 138 cm³/mol. The van der Waals surface area contributed by atoms with E-state index in [1.54, 1.807) is 30.6 Å². The van der Waals surface area contributed by atoms with E-state index >= 15 is 0 Å². The molecule has 0 unspecified atom stereocenters. The number of hydrogen-bond donors (Lipinski definition) is 3. The summed E-state index contributed by atoms with van der Waals surface area (Å²) < 4.78 is 6.17. The van der Waals surface area contributed by atoms with Gasteiger partial charge in [0.15, 0.2) is 16.5 Å². The molecular formula is C25H22N6O3S. The molecule has 3 N–H and O–H groups in total. The van der Waals surface area contributed by atoms with Crippen molar-refractivity contribution < 1.29 is 9.53 Å². The second-order valence-electron chi connectivity index (χ2n) is 8.87. The number of nitrogens with one attached hydrogen (secondary N) is 3. The summed E-state index contributed by atoms with van der Waals surface area (Å²) in [6.45, 7) is 6.30. The summed E-state index contributed by atoms with van der Waals surface area (Å²) >= 11 is 1.45. The molecule has 10 heteroatoms. The number of ether oxygens (including phenoxy) is 1. The number of rotatable bonds is 4. The maximum atomic E-state index is 12.7. The third kappa shape index (κ3) is 4.69. The SMILES string of the molecule is CC(C)(C)c1cnc(NC(=O)Nc2ccc(Oc3ccnc4[nH]c(=O)cnc34)c3ccccc23)s1. The fourth-order valence-corrected chi connectivity index (χ4v) is 4.39. The Morgan fingerprint density at radius 1 is 0.943 bits per heavy atom. The Balaban J connectivity index is 1.42. The van der Waals surface area contributed by atoms with Crippen LogP contribution in [0, 0.1) is 0 Å². The summed E-state index contributed by atoms with van der Waals surface area (Å²) in [5.41, 5.74) is 1.03. The molecule has 0 radical (unpaired) electrons. The van der Waals surface area contributed by atoms with Crippen LogP contribution in [-0.4, -0.2) is 26.0 Å². The molecule has 0 saturated heterocycles. The molecule has 35 heavy (non-hydrogen) atoms. The van der Waals surface area contributed by atoms with Gasteiger partial charge in [-0.25, -0.2) is 19.7 Å². The van der Waals surface area contributed by atoms with E-state index in [0.29, 0.717) is 33.5 Å². The average molecular weight is 487 g/mol. The number of amides is 2. The minimum absolute atomic E-state index is 0.0366. The third-order valence-electron chi connectivity index (χ3n) is 5.26. The zero-order valence-corrected chi connectivity index (χ0v) is 20.1. The van der Waals surface area contributed by atoms with Crippen molar-refractivity contribution in [3.05, 3.63) is 76.3 Å². The largest absolute Gasteiger partial charge is 0.454 e. The van der Waals surface area contributed by atoms with Crippen molar-refractivity contribution >= 4 is 50.1 Å². The normalized spacial score (nSPS) is 11.5. The maximum absolute atomic E-state index is 12.7. The molecule has 0 aliphatic heterocycles. The van der Waals surface area contributed by atoms with Gasteiger partial charge in [-0.3, -0.25) is 10.1 Å². The summed E-state index contributed by atoms with van der Waals surface area (Å²) in [6.07, 6.45) is 4.52. The van der Waals surface area contributed by atoms with Crippen LogP contribution in [0.5, 0.6) is 11.5 Å². The maximum Gasteiger partial charge on any atom is 0.325 e. The summed E-state index contributed by atoms with van der Waals surface area (Å²) in [5.74, 6) is 1.02. The van der Waals surface area contributed by atoms with Gasteiger partial charge in [0, 0.05) is 34.1 Å². The van der Waals surface area contributed by atoms with Gasteiger partial charge in [0.25, 0.3) is 5.56 Å². The lowest BCUT2D eigenvalue weighted by atomic mass is 9.96. The Morgan fingerprint density at radius 3 is 2.51 bits per heavy atom. The number of thiazole rings is 1. The number of H-pyrrole nitrogens is 1. The number of fused-ring (bicyclic) bond motifs is 2. The van der Waals surface area contributed by atoms with Gasteiger partial charge in [-0.1, -0.05) is 45.0 Å². The monoisotopic (exact) mass is 486 g/mol. The van der Waals surface area contributed by atoms with Crippen LogP contribution in [-0.2, 0) is 5.41 Å². The Kier molecular flexibility index (Phi) is 5.65. The highest BCUT2D eigenvalue weighted by Gasteiger charge is 2.18. The summed E-state index contributed by atoms with van der Waals surface area (Å²) in [6, 6.07) is 12.4. The molecule has 2 amide bonds. The standard InChI is InChI=1S/C25H22N6O3S/c1-25(2,3)19-12-28-24(35-19)31-23(33)29-16-8-9-17(15-7-5-4-6-14(15)16)34-18-10-11-26-22-21(18)27-13-20(32)30-22/h4-13H,1-3H3,(H,26,30,32)(H2,28,29,31,33). The van der Waals surface area contributed by atoms with Crippen LogP contribution in [0.3, 0.4) is 0 Å².